The van der Waals surface area contributed by atoms with Crippen LogP contribution in [0.3, 0.4) is 0 Å². The van der Waals surface area contributed by atoms with Gasteiger partial charge in [0.1, 0.15) is 11.9 Å². The Morgan fingerprint density at radius 3 is 2.15 bits per heavy atom. The van der Waals surface area contributed by atoms with Gasteiger partial charge in [0.2, 0.25) is 5.91 Å². The highest BCUT2D eigenvalue weighted by Crippen LogP contribution is 2.25. The number of primary amides is 2. The normalized spacial score (nSPS) is 11.7. The highest BCUT2D eigenvalue weighted by atomic mass is 16.1. The average Bonchev–Trinajstić information content (AvgIpc) is 3.51. The van der Waals surface area contributed by atoms with E-state index < -0.39 is 17.9 Å². The van der Waals surface area contributed by atoms with Crippen LogP contribution >= 0.6 is 0 Å². The van der Waals surface area contributed by atoms with Crippen molar-refractivity contribution in [2.45, 2.75) is 19.4 Å². The fourth-order valence-corrected chi connectivity index (χ4v) is 3.19. The molecule has 4 aromatic rings. The summed E-state index contributed by atoms with van der Waals surface area (Å²) in [4.78, 5) is 32.1. The molecule has 12 nitrogen and oxygen atoms in total. The second kappa shape index (κ2) is 9.18. The zero-order valence-corrected chi connectivity index (χ0v) is 17.7. The van der Waals surface area contributed by atoms with Crippen molar-refractivity contribution in [2.75, 3.05) is 10.6 Å². The molecule has 1 atom stereocenters. The summed E-state index contributed by atoms with van der Waals surface area (Å²) in [6.07, 6.45) is 8.73. The highest BCUT2D eigenvalue weighted by molar-refractivity contribution is 5.96. The molecule has 0 aliphatic carbocycles. The lowest BCUT2D eigenvalue weighted by atomic mass is 10.2. The van der Waals surface area contributed by atoms with Crippen molar-refractivity contribution in [1.82, 2.24) is 29.5 Å². The molecule has 0 unspecified atom stereocenters. The number of nitrogens with one attached hydrogen (secondary N) is 2. The molecule has 4 rings (SSSR count). The van der Waals surface area contributed by atoms with Gasteiger partial charge in [-0.15, -0.1) is 0 Å². The molecule has 0 bridgehead atoms. The van der Waals surface area contributed by atoms with Gasteiger partial charge in [0, 0.05) is 30.5 Å². The molecule has 0 spiro atoms. The Balaban J connectivity index is 1.75. The Kier molecular flexibility index (Phi) is 5.98. The van der Waals surface area contributed by atoms with Gasteiger partial charge in [-0.3, -0.25) is 9.59 Å². The number of hydrogen-bond donors (Lipinski definition) is 4. The standard InChI is InChI=1S/C21H22N10O2/c1-2-16(19(22)32)28-17-12-24-18(20(23)33)21(29-17)27-13-9-14(30-7-3-5-25-30)11-15(10-13)31-8-4-6-26-31/h3-12,16H,2H2,1H3,(H2,22,32)(H2,23,33)(H2,27,28,29)/t16-/m1/s1. The van der Waals surface area contributed by atoms with Crippen molar-refractivity contribution in [3.63, 3.8) is 0 Å². The van der Waals surface area contributed by atoms with Gasteiger partial charge in [-0.05, 0) is 36.8 Å². The fraction of sp³-hybridized carbons (Fsp3) is 0.143. The second-order valence-electron chi connectivity index (χ2n) is 7.09. The van der Waals surface area contributed by atoms with Gasteiger partial charge in [-0.2, -0.15) is 10.2 Å². The highest BCUT2D eigenvalue weighted by Gasteiger charge is 2.18. The first-order valence-electron chi connectivity index (χ1n) is 10.1. The van der Waals surface area contributed by atoms with Crippen LogP contribution in [0.15, 0.2) is 61.3 Å². The predicted molar refractivity (Wildman–Crippen MR) is 121 cm³/mol. The van der Waals surface area contributed by atoms with Crippen molar-refractivity contribution in [1.29, 1.82) is 0 Å². The largest absolute Gasteiger partial charge is 0.368 e. The minimum absolute atomic E-state index is 0.0576. The van der Waals surface area contributed by atoms with Crippen LogP contribution < -0.4 is 22.1 Å². The van der Waals surface area contributed by atoms with Crippen LogP contribution in [0.25, 0.3) is 11.4 Å². The van der Waals surface area contributed by atoms with Crippen LogP contribution in [-0.4, -0.2) is 47.4 Å². The second-order valence-corrected chi connectivity index (χ2v) is 7.09. The third-order valence-electron chi connectivity index (χ3n) is 4.78. The van der Waals surface area contributed by atoms with Gasteiger partial charge >= 0.3 is 0 Å². The first-order valence-corrected chi connectivity index (χ1v) is 10.1. The average molecular weight is 446 g/mol. The first kappa shape index (κ1) is 21.5. The van der Waals surface area contributed by atoms with Gasteiger partial charge in [0.15, 0.2) is 11.5 Å². The van der Waals surface area contributed by atoms with Crippen LogP contribution in [0.1, 0.15) is 23.8 Å². The molecule has 33 heavy (non-hydrogen) atoms. The monoisotopic (exact) mass is 446 g/mol. The molecule has 0 saturated carbocycles. The lowest BCUT2D eigenvalue weighted by molar-refractivity contribution is -0.118. The number of hydrogen-bond acceptors (Lipinski definition) is 8. The lowest BCUT2D eigenvalue weighted by Gasteiger charge is -2.16. The number of carbonyl (C=O) groups is 2. The van der Waals surface area contributed by atoms with Crippen LogP contribution in [0.2, 0.25) is 0 Å². The smallest absolute Gasteiger partial charge is 0.271 e. The fourth-order valence-electron chi connectivity index (χ4n) is 3.19. The van der Waals surface area contributed by atoms with Gasteiger partial charge in [0.05, 0.1) is 17.6 Å². The topological polar surface area (TPSA) is 172 Å². The third-order valence-corrected chi connectivity index (χ3v) is 4.78. The van der Waals surface area contributed by atoms with Crippen LogP contribution in [0.4, 0.5) is 17.3 Å². The molecule has 0 radical (unpaired) electrons. The molecular formula is C21H22N10O2. The molecule has 0 fully saturated rings. The summed E-state index contributed by atoms with van der Waals surface area (Å²) in [6, 6.07) is 8.53. The maximum absolute atomic E-state index is 12.0. The van der Waals surface area contributed by atoms with Crippen molar-refractivity contribution in [3.05, 3.63) is 67.0 Å². The number of aromatic nitrogens is 6. The molecule has 168 valence electrons. The molecule has 2 amide bonds. The number of anilines is 3. The maximum atomic E-state index is 12.0. The molecule has 0 aliphatic heterocycles. The van der Waals surface area contributed by atoms with Crippen molar-refractivity contribution >= 4 is 29.1 Å². The minimum Gasteiger partial charge on any atom is -0.368 e. The van der Waals surface area contributed by atoms with E-state index in [-0.39, 0.29) is 17.3 Å². The van der Waals surface area contributed by atoms with E-state index in [4.69, 9.17) is 11.5 Å². The summed E-state index contributed by atoms with van der Waals surface area (Å²) in [5, 5.41) is 14.6. The van der Waals surface area contributed by atoms with E-state index in [2.05, 4.69) is 30.8 Å². The summed E-state index contributed by atoms with van der Waals surface area (Å²) < 4.78 is 3.38. The molecule has 12 heteroatoms. The zero-order chi connectivity index (χ0) is 23.4. The van der Waals surface area contributed by atoms with Gasteiger partial charge < -0.3 is 22.1 Å². The van der Waals surface area contributed by atoms with E-state index in [1.807, 2.05) is 37.3 Å². The molecule has 3 heterocycles. The molecule has 0 aliphatic rings. The summed E-state index contributed by atoms with van der Waals surface area (Å²) in [5.74, 6) is -0.892. The van der Waals surface area contributed by atoms with Crippen molar-refractivity contribution < 1.29 is 9.59 Å². The summed E-state index contributed by atoms with van der Waals surface area (Å²) >= 11 is 0. The summed E-state index contributed by atoms with van der Waals surface area (Å²) in [6.45, 7) is 1.81. The Hall–Kier alpha value is -4.74. The number of benzene rings is 1. The van der Waals surface area contributed by atoms with Crippen LogP contribution in [0, 0.1) is 0 Å². The Bertz CT molecular complexity index is 1220. The van der Waals surface area contributed by atoms with E-state index in [9.17, 15) is 9.59 Å². The number of amides is 2. The SMILES string of the molecule is CC[C@@H](Nc1cnc(C(N)=O)c(Nc2cc(-n3cccn3)cc(-n3cccn3)c2)n1)C(N)=O. The summed E-state index contributed by atoms with van der Waals surface area (Å²) in [5.41, 5.74) is 12.9. The van der Waals surface area contributed by atoms with E-state index in [1.54, 1.807) is 34.2 Å². The van der Waals surface area contributed by atoms with Gasteiger partial charge in [-0.1, -0.05) is 6.92 Å². The Morgan fingerprint density at radius 1 is 1.03 bits per heavy atom. The van der Waals surface area contributed by atoms with Crippen molar-refractivity contribution in [2.24, 2.45) is 11.5 Å². The minimum atomic E-state index is -0.756. The maximum Gasteiger partial charge on any atom is 0.271 e. The number of nitrogens with zero attached hydrogens (tertiary/aromatic N) is 6. The van der Waals surface area contributed by atoms with E-state index >= 15 is 0 Å². The van der Waals surface area contributed by atoms with E-state index in [1.165, 1.54) is 6.20 Å². The predicted octanol–water partition coefficient (Wildman–Crippen LogP) is 1.37. The third kappa shape index (κ3) is 4.79. The summed E-state index contributed by atoms with van der Waals surface area (Å²) in [7, 11) is 0. The molecule has 3 aromatic heterocycles. The molecular weight excluding hydrogens is 424 g/mol. The van der Waals surface area contributed by atoms with Gasteiger partial charge in [0.25, 0.3) is 5.91 Å². The number of rotatable bonds is 9. The Labute approximate surface area is 188 Å². The van der Waals surface area contributed by atoms with Gasteiger partial charge in [-0.25, -0.2) is 19.3 Å². The van der Waals surface area contributed by atoms with Crippen LogP contribution in [0.5, 0.6) is 0 Å². The molecule has 0 saturated heterocycles. The Morgan fingerprint density at radius 2 is 1.67 bits per heavy atom. The number of nitrogens with two attached hydrogens (primary N) is 2. The van der Waals surface area contributed by atoms with Crippen molar-refractivity contribution in [3.8, 4) is 11.4 Å². The molecule has 1 aromatic carbocycles. The lowest BCUT2D eigenvalue weighted by Crippen LogP contribution is -2.35. The zero-order valence-electron chi connectivity index (χ0n) is 17.7. The first-order chi connectivity index (χ1) is 15.9. The molecule has 6 N–H and O–H groups in total. The van der Waals surface area contributed by atoms with Crippen LogP contribution in [-0.2, 0) is 4.79 Å². The quantitative estimate of drug-likeness (QED) is 0.298. The number of carbonyl (C=O) groups excluding carboxylic acids is 2. The van der Waals surface area contributed by atoms with E-state index in [0.717, 1.165) is 11.4 Å². The van der Waals surface area contributed by atoms with E-state index in [0.29, 0.717) is 12.1 Å².